The summed E-state index contributed by atoms with van der Waals surface area (Å²) in [4.78, 5) is 0. The third-order valence-corrected chi connectivity index (χ3v) is 4.39. The van der Waals surface area contributed by atoms with Crippen molar-refractivity contribution in [3.05, 3.63) is 11.9 Å². The van der Waals surface area contributed by atoms with Crippen LogP contribution in [0.1, 0.15) is 31.9 Å². The van der Waals surface area contributed by atoms with Crippen molar-refractivity contribution in [2.24, 2.45) is 24.8 Å². The Morgan fingerprint density at radius 3 is 2.76 bits per heavy atom. The molecule has 0 aromatic carbocycles. The van der Waals surface area contributed by atoms with Gasteiger partial charge >= 0.3 is 0 Å². The lowest BCUT2D eigenvalue weighted by molar-refractivity contribution is 0.335. The highest BCUT2D eigenvalue weighted by Gasteiger charge is 2.47. The average molecular weight is 234 g/mol. The second-order valence-corrected chi connectivity index (χ2v) is 5.74. The molecule has 3 unspecified atom stereocenters. The summed E-state index contributed by atoms with van der Waals surface area (Å²) in [6.45, 7) is 3.25. The Labute approximate surface area is 103 Å². The lowest BCUT2D eigenvalue weighted by Gasteiger charge is -2.24. The zero-order valence-corrected chi connectivity index (χ0v) is 10.8. The van der Waals surface area contributed by atoms with Crippen LogP contribution < -0.4 is 5.32 Å². The molecule has 2 aliphatic carbocycles. The van der Waals surface area contributed by atoms with Gasteiger partial charge in [0, 0.05) is 25.7 Å². The van der Waals surface area contributed by atoms with Gasteiger partial charge in [0.15, 0.2) is 0 Å². The molecular weight excluding hydrogens is 212 g/mol. The molecule has 2 aliphatic rings. The van der Waals surface area contributed by atoms with Crippen molar-refractivity contribution in [2.45, 2.75) is 38.6 Å². The SMILES string of the molecule is CCNC(Cc1cn(C)nn1)C1CC2CC2C1. The molecular formula is C13H22N4. The molecule has 4 heteroatoms. The molecule has 17 heavy (non-hydrogen) atoms. The van der Waals surface area contributed by atoms with Crippen LogP contribution >= 0.6 is 0 Å². The fourth-order valence-electron chi connectivity index (χ4n) is 3.47. The van der Waals surface area contributed by atoms with Gasteiger partial charge in [-0.2, -0.15) is 0 Å². The van der Waals surface area contributed by atoms with Crippen LogP contribution in [0.5, 0.6) is 0 Å². The highest BCUT2D eigenvalue weighted by atomic mass is 15.4. The number of likely N-dealkylation sites (N-methyl/N-ethyl adjacent to an activating group) is 1. The van der Waals surface area contributed by atoms with E-state index in [2.05, 4.69) is 22.6 Å². The highest BCUT2D eigenvalue weighted by Crippen LogP contribution is 2.55. The Morgan fingerprint density at radius 2 is 2.18 bits per heavy atom. The molecule has 1 N–H and O–H groups in total. The van der Waals surface area contributed by atoms with E-state index in [-0.39, 0.29) is 0 Å². The minimum Gasteiger partial charge on any atom is -0.314 e. The van der Waals surface area contributed by atoms with Gasteiger partial charge in [0.1, 0.15) is 0 Å². The summed E-state index contributed by atoms with van der Waals surface area (Å²) in [7, 11) is 1.93. The van der Waals surface area contributed by atoms with Gasteiger partial charge in [-0.05, 0) is 43.6 Å². The normalized spacial score (nSPS) is 32.5. The van der Waals surface area contributed by atoms with E-state index in [4.69, 9.17) is 0 Å². The van der Waals surface area contributed by atoms with Crippen LogP contribution in [0.2, 0.25) is 0 Å². The van der Waals surface area contributed by atoms with E-state index in [1.165, 1.54) is 19.3 Å². The van der Waals surface area contributed by atoms with Gasteiger partial charge in [-0.3, -0.25) is 4.68 Å². The maximum atomic E-state index is 4.21. The van der Waals surface area contributed by atoms with E-state index in [9.17, 15) is 0 Å². The number of nitrogens with zero attached hydrogens (tertiary/aromatic N) is 3. The Kier molecular flexibility index (Phi) is 2.90. The molecule has 94 valence electrons. The molecule has 1 heterocycles. The number of hydrogen-bond acceptors (Lipinski definition) is 3. The van der Waals surface area contributed by atoms with Gasteiger partial charge in [0.2, 0.25) is 0 Å². The lowest BCUT2D eigenvalue weighted by Crippen LogP contribution is -2.37. The second kappa shape index (κ2) is 4.41. The van der Waals surface area contributed by atoms with Crippen LogP contribution in [0.15, 0.2) is 6.20 Å². The summed E-state index contributed by atoms with van der Waals surface area (Å²) in [6, 6.07) is 0.601. The Morgan fingerprint density at radius 1 is 1.41 bits per heavy atom. The molecule has 0 aliphatic heterocycles. The van der Waals surface area contributed by atoms with Crippen molar-refractivity contribution in [1.29, 1.82) is 0 Å². The molecule has 3 rings (SSSR count). The van der Waals surface area contributed by atoms with Gasteiger partial charge in [-0.1, -0.05) is 12.1 Å². The van der Waals surface area contributed by atoms with Crippen molar-refractivity contribution in [2.75, 3.05) is 6.54 Å². The first-order chi connectivity index (χ1) is 8.26. The first-order valence-corrected chi connectivity index (χ1v) is 6.84. The third kappa shape index (κ3) is 2.37. The Bertz CT molecular complexity index is 377. The van der Waals surface area contributed by atoms with Crippen LogP contribution in [-0.4, -0.2) is 27.6 Å². The van der Waals surface area contributed by atoms with Gasteiger partial charge in [-0.25, -0.2) is 0 Å². The minimum absolute atomic E-state index is 0.601. The van der Waals surface area contributed by atoms with Crippen LogP contribution in [0.4, 0.5) is 0 Å². The fraction of sp³-hybridized carbons (Fsp3) is 0.846. The quantitative estimate of drug-likeness (QED) is 0.837. The van der Waals surface area contributed by atoms with Crippen molar-refractivity contribution in [3.8, 4) is 0 Å². The summed E-state index contributed by atoms with van der Waals surface area (Å²) in [5.74, 6) is 2.98. The smallest absolute Gasteiger partial charge is 0.0842 e. The molecule has 0 bridgehead atoms. The number of rotatable bonds is 5. The van der Waals surface area contributed by atoms with Crippen molar-refractivity contribution < 1.29 is 0 Å². The average Bonchev–Trinajstić information content (AvgIpc) is 2.73. The first-order valence-electron chi connectivity index (χ1n) is 6.84. The molecule has 0 radical (unpaired) electrons. The van der Waals surface area contributed by atoms with Gasteiger partial charge in [0.25, 0.3) is 0 Å². The van der Waals surface area contributed by atoms with Crippen LogP contribution in [0, 0.1) is 17.8 Å². The predicted octanol–water partition coefficient (Wildman–Crippen LogP) is 1.38. The largest absolute Gasteiger partial charge is 0.314 e. The highest BCUT2D eigenvalue weighted by molar-refractivity contribution is 5.03. The number of aryl methyl sites for hydroxylation is 1. The van der Waals surface area contributed by atoms with E-state index in [1.807, 2.05) is 13.2 Å². The molecule has 3 atom stereocenters. The van der Waals surface area contributed by atoms with E-state index in [1.54, 1.807) is 4.68 Å². The Hall–Kier alpha value is -0.900. The first kappa shape index (κ1) is 11.2. The van der Waals surface area contributed by atoms with Gasteiger partial charge < -0.3 is 5.32 Å². The maximum Gasteiger partial charge on any atom is 0.0842 e. The molecule has 0 saturated heterocycles. The zero-order chi connectivity index (χ0) is 11.8. The topological polar surface area (TPSA) is 42.7 Å². The van der Waals surface area contributed by atoms with Crippen molar-refractivity contribution >= 4 is 0 Å². The van der Waals surface area contributed by atoms with E-state index >= 15 is 0 Å². The zero-order valence-electron chi connectivity index (χ0n) is 10.8. The predicted molar refractivity (Wildman–Crippen MR) is 66.5 cm³/mol. The van der Waals surface area contributed by atoms with Gasteiger partial charge in [-0.15, -0.1) is 5.10 Å². The van der Waals surface area contributed by atoms with Crippen molar-refractivity contribution in [1.82, 2.24) is 20.3 Å². The van der Waals surface area contributed by atoms with E-state index in [0.29, 0.717) is 6.04 Å². The number of fused-ring (bicyclic) bond motifs is 1. The standard InChI is InChI=1S/C13H22N4/c1-3-14-13(7-12-8-17(2)16-15-12)11-5-9-4-10(9)6-11/h8-11,13-14H,3-7H2,1-2H3. The lowest BCUT2D eigenvalue weighted by atomic mass is 9.91. The molecule has 4 nitrogen and oxygen atoms in total. The minimum atomic E-state index is 0.601. The van der Waals surface area contributed by atoms with Crippen LogP contribution in [0.3, 0.4) is 0 Å². The number of hydrogen-bond donors (Lipinski definition) is 1. The monoisotopic (exact) mass is 234 g/mol. The fourth-order valence-corrected chi connectivity index (χ4v) is 3.47. The van der Waals surface area contributed by atoms with Gasteiger partial charge in [0.05, 0.1) is 5.69 Å². The number of aromatic nitrogens is 3. The summed E-state index contributed by atoms with van der Waals surface area (Å²) in [6.07, 6.45) is 7.44. The van der Waals surface area contributed by atoms with Crippen molar-refractivity contribution in [3.63, 3.8) is 0 Å². The number of nitrogens with one attached hydrogen (secondary N) is 1. The molecule has 2 fully saturated rings. The molecule has 1 aromatic heterocycles. The summed E-state index contributed by atoms with van der Waals surface area (Å²) in [5.41, 5.74) is 1.12. The summed E-state index contributed by atoms with van der Waals surface area (Å²) in [5, 5.41) is 11.9. The third-order valence-electron chi connectivity index (χ3n) is 4.39. The molecule has 0 spiro atoms. The van der Waals surface area contributed by atoms with E-state index in [0.717, 1.165) is 36.4 Å². The summed E-state index contributed by atoms with van der Waals surface area (Å²) < 4.78 is 1.80. The van der Waals surface area contributed by atoms with Crippen LogP contribution in [-0.2, 0) is 13.5 Å². The maximum absolute atomic E-state index is 4.21. The Balaban J connectivity index is 1.63. The molecule has 1 aromatic rings. The summed E-state index contributed by atoms with van der Waals surface area (Å²) >= 11 is 0. The van der Waals surface area contributed by atoms with E-state index < -0.39 is 0 Å². The molecule has 2 saturated carbocycles. The second-order valence-electron chi connectivity index (χ2n) is 5.74. The molecule has 0 amide bonds. The van der Waals surface area contributed by atoms with Crippen LogP contribution in [0.25, 0.3) is 0 Å².